The van der Waals surface area contributed by atoms with Gasteiger partial charge in [0, 0.05) is 9.79 Å². The summed E-state index contributed by atoms with van der Waals surface area (Å²) in [5.41, 5.74) is 0. The Bertz CT molecular complexity index is 1130. The molecule has 0 heterocycles. The minimum absolute atomic E-state index is 0.322. The molecular formula is C26H20OS2. The zero-order valence-corrected chi connectivity index (χ0v) is 17.4. The molecular weight excluding hydrogens is 392 g/mol. The van der Waals surface area contributed by atoms with Crippen molar-refractivity contribution in [2.75, 3.05) is 0 Å². The molecule has 0 aliphatic carbocycles. The lowest BCUT2D eigenvalue weighted by Crippen LogP contribution is -1.77. The third kappa shape index (κ3) is 4.94. The Morgan fingerprint density at radius 3 is 1.28 bits per heavy atom. The van der Waals surface area contributed by atoms with Crippen LogP contribution in [-0.4, -0.2) is 5.11 Å². The van der Waals surface area contributed by atoms with Crippen LogP contribution in [0.4, 0.5) is 0 Å². The van der Waals surface area contributed by atoms with Crippen molar-refractivity contribution in [1.82, 2.24) is 0 Å². The summed E-state index contributed by atoms with van der Waals surface area (Å²) in [6, 6.07) is 38.8. The van der Waals surface area contributed by atoms with Crippen molar-refractivity contribution in [2.24, 2.45) is 0 Å². The molecule has 0 saturated carbocycles. The van der Waals surface area contributed by atoms with Crippen LogP contribution in [-0.2, 0) is 0 Å². The van der Waals surface area contributed by atoms with Gasteiger partial charge < -0.3 is 5.11 Å². The minimum atomic E-state index is 0.322. The number of para-hydroxylation sites is 1. The predicted octanol–water partition coefficient (Wildman–Crippen LogP) is 8.18. The van der Waals surface area contributed by atoms with Crippen LogP contribution in [0.3, 0.4) is 0 Å². The van der Waals surface area contributed by atoms with E-state index in [9.17, 15) is 0 Å². The van der Waals surface area contributed by atoms with E-state index in [2.05, 4.69) is 84.9 Å². The zero-order valence-electron chi connectivity index (χ0n) is 15.7. The predicted molar refractivity (Wildman–Crippen MR) is 128 cm³/mol. The molecule has 1 nitrogen and oxygen atoms in total. The summed E-state index contributed by atoms with van der Waals surface area (Å²) < 4.78 is 0. The van der Waals surface area contributed by atoms with E-state index in [4.69, 9.17) is 5.11 Å². The maximum Gasteiger partial charge on any atom is 0.115 e. The van der Waals surface area contributed by atoms with E-state index in [1.54, 1.807) is 24.3 Å². The first kappa shape index (κ1) is 19.4. The molecule has 0 saturated heterocycles. The van der Waals surface area contributed by atoms with Crippen molar-refractivity contribution in [2.45, 2.75) is 9.79 Å². The van der Waals surface area contributed by atoms with Gasteiger partial charge in [0.25, 0.3) is 0 Å². The topological polar surface area (TPSA) is 20.2 Å². The van der Waals surface area contributed by atoms with Crippen molar-refractivity contribution in [1.29, 1.82) is 0 Å². The molecule has 5 rings (SSSR count). The van der Waals surface area contributed by atoms with Crippen LogP contribution in [0.5, 0.6) is 5.75 Å². The number of phenols is 1. The van der Waals surface area contributed by atoms with Crippen molar-refractivity contribution in [3.8, 4) is 5.75 Å². The Hall–Kier alpha value is -2.88. The monoisotopic (exact) mass is 412 g/mol. The Morgan fingerprint density at radius 2 is 0.828 bits per heavy atom. The van der Waals surface area contributed by atoms with Crippen LogP contribution < -0.4 is 0 Å². The van der Waals surface area contributed by atoms with E-state index in [-0.39, 0.29) is 0 Å². The zero-order chi connectivity index (χ0) is 19.9. The van der Waals surface area contributed by atoms with Gasteiger partial charge in [-0.2, -0.15) is 0 Å². The maximum atomic E-state index is 8.63. The van der Waals surface area contributed by atoms with Gasteiger partial charge in [-0.3, -0.25) is 0 Å². The van der Waals surface area contributed by atoms with Crippen LogP contribution in [0.1, 0.15) is 0 Å². The second-order valence-corrected chi connectivity index (χ2v) is 8.67. The Balaban J connectivity index is 0.000000249. The molecule has 1 N–H and O–H groups in total. The SMILES string of the molecule is Oc1ccccc1.c1ccc2c(SSc3cccc4ccccc34)cccc2c1. The van der Waals surface area contributed by atoms with Crippen molar-refractivity contribution in [3.63, 3.8) is 0 Å². The van der Waals surface area contributed by atoms with E-state index in [0.29, 0.717) is 5.75 Å². The number of benzene rings is 5. The highest BCUT2D eigenvalue weighted by Gasteiger charge is 2.05. The number of rotatable bonds is 3. The van der Waals surface area contributed by atoms with Gasteiger partial charge in [-0.05, 0) is 45.8 Å². The summed E-state index contributed by atoms with van der Waals surface area (Å²) in [7, 11) is 3.67. The highest BCUT2D eigenvalue weighted by Crippen LogP contribution is 2.42. The minimum Gasteiger partial charge on any atom is -0.508 e. The van der Waals surface area contributed by atoms with E-state index in [0.717, 1.165) is 0 Å². The van der Waals surface area contributed by atoms with Crippen LogP contribution in [0.15, 0.2) is 125 Å². The molecule has 0 aliphatic rings. The van der Waals surface area contributed by atoms with E-state index in [1.165, 1.54) is 31.3 Å². The number of aromatic hydroxyl groups is 1. The highest BCUT2D eigenvalue weighted by molar-refractivity contribution is 8.76. The van der Waals surface area contributed by atoms with E-state index < -0.39 is 0 Å². The number of fused-ring (bicyclic) bond motifs is 2. The van der Waals surface area contributed by atoms with E-state index >= 15 is 0 Å². The fraction of sp³-hybridized carbons (Fsp3) is 0. The summed E-state index contributed by atoms with van der Waals surface area (Å²) in [6.45, 7) is 0. The maximum absolute atomic E-state index is 8.63. The molecule has 0 bridgehead atoms. The standard InChI is InChI=1S/C20H14S2.C6H6O/c1-3-11-17-15(7-1)9-5-13-19(17)21-22-20-14-6-10-16-8-2-4-12-18(16)20;7-6-4-2-1-3-5-6/h1-14H;1-5,7H. The number of phenolic OH excluding ortho intramolecular Hbond substituents is 1. The largest absolute Gasteiger partial charge is 0.508 e. The Kier molecular flexibility index (Phi) is 6.40. The molecule has 5 aromatic carbocycles. The second kappa shape index (κ2) is 9.55. The van der Waals surface area contributed by atoms with Gasteiger partial charge in [0.15, 0.2) is 0 Å². The second-order valence-electron chi connectivity index (χ2n) is 6.46. The summed E-state index contributed by atoms with van der Waals surface area (Å²) in [6.07, 6.45) is 0. The van der Waals surface area contributed by atoms with Crippen molar-refractivity contribution in [3.05, 3.63) is 115 Å². The van der Waals surface area contributed by atoms with Gasteiger partial charge in [-0.1, -0.05) is 113 Å². The summed E-state index contributed by atoms with van der Waals surface area (Å²) in [5.74, 6) is 0.322. The summed E-state index contributed by atoms with van der Waals surface area (Å²) in [4.78, 5) is 2.63. The molecule has 0 fully saturated rings. The average molecular weight is 413 g/mol. The van der Waals surface area contributed by atoms with Crippen molar-refractivity contribution >= 4 is 43.1 Å². The fourth-order valence-corrected chi connectivity index (χ4v) is 5.46. The fourth-order valence-electron chi connectivity index (χ4n) is 3.05. The van der Waals surface area contributed by atoms with Gasteiger partial charge in [-0.15, -0.1) is 0 Å². The highest BCUT2D eigenvalue weighted by atomic mass is 33.1. The first-order valence-electron chi connectivity index (χ1n) is 9.35. The molecule has 3 heteroatoms. The van der Waals surface area contributed by atoms with Crippen LogP contribution >= 0.6 is 21.6 Å². The van der Waals surface area contributed by atoms with Crippen LogP contribution in [0.25, 0.3) is 21.5 Å². The molecule has 0 amide bonds. The first-order chi connectivity index (χ1) is 14.3. The van der Waals surface area contributed by atoms with Gasteiger partial charge >= 0.3 is 0 Å². The number of hydrogen-bond donors (Lipinski definition) is 1. The van der Waals surface area contributed by atoms with Crippen LogP contribution in [0.2, 0.25) is 0 Å². The van der Waals surface area contributed by atoms with Crippen molar-refractivity contribution < 1.29 is 5.11 Å². The van der Waals surface area contributed by atoms with Crippen LogP contribution in [0, 0.1) is 0 Å². The molecule has 142 valence electrons. The lowest BCUT2D eigenvalue weighted by molar-refractivity contribution is 0.475. The molecule has 5 aromatic rings. The first-order valence-corrected chi connectivity index (χ1v) is 11.5. The lowest BCUT2D eigenvalue weighted by Gasteiger charge is -2.08. The smallest absolute Gasteiger partial charge is 0.115 e. The third-order valence-corrected chi connectivity index (χ3v) is 6.96. The molecule has 0 spiro atoms. The molecule has 29 heavy (non-hydrogen) atoms. The molecule has 0 unspecified atom stereocenters. The average Bonchev–Trinajstić information content (AvgIpc) is 2.78. The van der Waals surface area contributed by atoms with Gasteiger partial charge in [0.2, 0.25) is 0 Å². The molecule has 0 atom stereocenters. The Morgan fingerprint density at radius 1 is 0.414 bits per heavy atom. The quantitative estimate of drug-likeness (QED) is 0.302. The lowest BCUT2D eigenvalue weighted by atomic mass is 10.1. The Labute approximate surface area is 178 Å². The third-order valence-electron chi connectivity index (χ3n) is 4.48. The molecule has 0 aliphatic heterocycles. The van der Waals surface area contributed by atoms with E-state index in [1.807, 2.05) is 27.7 Å². The van der Waals surface area contributed by atoms with Gasteiger partial charge in [0.05, 0.1) is 0 Å². The van der Waals surface area contributed by atoms with Gasteiger partial charge in [0.1, 0.15) is 5.75 Å². The molecule has 0 radical (unpaired) electrons. The van der Waals surface area contributed by atoms with Gasteiger partial charge in [-0.25, -0.2) is 0 Å². The summed E-state index contributed by atoms with van der Waals surface area (Å²) >= 11 is 0. The molecule has 0 aromatic heterocycles. The summed E-state index contributed by atoms with van der Waals surface area (Å²) in [5, 5.41) is 13.9. The number of hydrogen-bond acceptors (Lipinski definition) is 3. The normalized spacial score (nSPS) is 10.5.